The molecule has 2 heterocycles. The van der Waals surface area contributed by atoms with Crippen molar-refractivity contribution >= 4 is 28.8 Å². The van der Waals surface area contributed by atoms with E-state index in [0.29, 0.717) is 6.54 Å². The first-order chi connectivity index (χ1) is 14.1. The number of likely N-dealkylation sites (tertiary alicyclic amines) is 1. The van der Waals surface area contributed by atoms with E-state index in [9.17, 15) is 9.59 Å². The second-order valence-electron chi connectivity index (χ2n) is 8.16. The monoisotopic (exact) mass is 471 g/mol. The number of imide groups is 1. The lowest BCUT2D eigenvalue weighted by Gasteiger charge is -2.32. The molecule has 0 unspecified atom stereocenters. The number of rotatable bonds is 6. The molecule has 160 valence electrons. The average Bonchev–Trinajstić information content (AvgIpc) is 3.02. The molecular formula is C24H30BrN3O2. The molecule has 0 radical (unpaired) electrons. The Morgan fingerprint density at radius 2 is 1.33 bits per heavy atom. The van der Waals surface area contributed by atoms with Crippen molar-refractivity contribution in [1.29, 1.82) is 0 Å². The summed E-state index contributed by atoms with van der Waals surface area (Å²) in [5, 5.41) is 0. The van der Waals surface area contributed by atoms with E-state index in [1.165, 1.54) is 4.90 Å². The van der Waals surface area contributed by atoms with Crippen LogP contribution in [0.4, 0.5) is 0 Å². The predicted molar refractivity (Wildman–Crippen MR) is 124 cm³/mol. The van der Waals surface area contributed by atoms with Gasteiger partial charge in [-0.05, 0) is 31.1 Å². The van der Waals surface area contributed by atoms with Crippen molar-refractivity contribution in [2.24, 2.45) is 0 Å². The van der Waals surface area contributed by atoms with E-state index < -0.39 is 5.41 Å². The molecule has 0 spiro atoms. The first-order valence-electron chi connectivity index (χ1n) is 10.5. The fraction of sp³-hybridized carbons (Fsp3) is 0.417. The van der Waals surface area contributed by atoms with Crippen molar-refractivity contribution in [1.82, 2.24) is 14.7 Å². The number of amides is 2. The number of halogens is 1. The molecule has 2 amide bonds. The van der Waals surface area contributed by atoms with Gasteiger partial charge in [-0.15, -0.1) is 17.0 Å². The van der Waals surface area contributed by atoms with Gasteiger partial charge in [-0.2, -0.15) is 0 Å². The van der Waals surface area contributed by atoms with Gasteiger partial charge in [0.25, 0.3) is 0 Å². The molecular weight excluding hydrogens is 442 g/mol. The van der Waals surface area contributed by atoms with Crippen molar-refractivity contribution in [3.8, 4) is 0 Å². The molecule has 0 bridgehead atoms. The summed E-state index contributed by atoms with van der Waals surface area (Å²) in [4.78, 5) is 32.9. The zero-order valence-electron chi connectivity index (χ0n) is 17.5. The van der Waals surface area contributed by atoms with Crippen molar-refractivity contribution in [2.75, 3.05) is 46.3 Å². The molecule has 0 aliphatic carbocycles. The highest BCUT2D eigenvalue weighted by Crippen LogP contribution is 2.42. The Bertz CT molecular complexity index is 812. The molecule has 2 aromatic carbocycles. The summed E-state index contributed by atoms with van der Waals surface area (Å²) in [6, 6.07) is 19.5. The van der Waals surface area contributed by atoms with Gasteiger partial charge in [0, 0.05) is 39.1 Å². The van der Waals surface area contributed by atoms with E-state index >= 15 is 0 Å². The van der Waals surface area contributed by atoms with Crippen molar-refractivity contribution < 1.29 is 9.59 Å². The lowest BCUT2D eigenvalue weighted by atomic mass is 9.73. The van der Waals surface area contributed by atoms with Gasteiger partial charge >= 0.3 is 0 Å². The summed E-state index contributed by atoms with van der Waals surface area (Å²) in [5.74, 6) is -0.153. The van der Waals surface area contributed by atoms with E-state index in [1.54, 1.807) is 0 Å². The van der Waals surface area contributed by atoms with Crippen LogP contribution >= 0.6 is 17.0 Å². The third-order valence-corrected chi connectivity index (χ3v) is 6.31. The molecule has 0 saturated carbocycles. The van der Waals surface area contributed by atoms with Crippen LogP contribution in [-0.2, 0) is 15.0 Å². The second kappa shape index (κ2) is 9.86. The molecule has 2 aromatic rings. The van der Waals surface area contributed by atoms with E-state index in [1.807, 2.05) is 60.7 Å². The van der Waals surface area contributed by atoms with Gasteiger partial charge in [0.15, 0.2) is 0 Å². The summed E-state index contributed by atoms with van der Waals surface area (Å²) in [7, 11) is 2.14. The topological polar surface area (TPSA) is 43.9 Å². The van der Waals surface area contributed by atoms with Crippen LogP contribution in [0.2, 0.25) is 0 Å². The first-order valence-corrected chi connectivity index (χ1v) is 10.5. The fourth-order valence-electron chi connectivity index (χ4n) is 4.55. The normalized spacial score (nSPS) is 19.7. The van der Waals surface area contributed by atoms with Gasteiger partial charge in [0.1, 0.15) is 5.41 Å². The minimum Gasteiger partial charge on any atom is -0.304 e. The van der Waals surface area contributed by atoms with Crippen molar-refractivity contribution in [3.63, 3.8) is 0 Å². The maximum Gasteiger partial charge on any atom is 0.244 e. The fourth-order valence-corrected chi connectivity index (χ4v) is 4.55. The van der Waals surface area contributed by atoms with Gasteiger partial charge < -0.3 is 9.80 Å². The molecule has 4 rings (SSSR count). The van der Waals surface area contributed by atoms with Crippen LogP contribution in [0.1, 0.15) is 24.0 Å². The lowest BCUT2D eigenvalue weighted by Crippen LogP contribution is -2.45. The van der Waals surface area contributed by atoms with E-state index in [2.05, 4.69) is 16.8 Å². The average molecular weight is 472 g/mol. The van der Waals surface area contributed by atoms with Crippen LogP contribution in [0.25, 0.3) is 0 Å². The number of likely N-dealkylation sites (N-methyl/N-ethyl adjacent to an activating group) is 1. The molecule has 6 heteroatoms. The minimum atomic E-state index is -0.909. The molecule has 0 atom stereocenters. The summed E-state index contributed by atoms with van der Waals surface area (Å²) in [6.45, 7) is 5.67. The summed E-state index contributed by atoms with van der Waals surface area (Å²) in [6.07, 6.45) is 1.02. The van der Waals surface area contributed by atoms with Crippen LogP contribution in [0.15, 0.2) is 60.7 Å². The summed E-state index contributed by atoms with van der Waals surface area (Å²) >= 11 is 0. The highest BCUT2D eigenvalue weighted by molar-refractivity contribution is 8.93. The van der Waals surface area contributed by atoms with Crippen molar-refractivity contribution in [2.45, 2.75) is 18.3 Å². The summed E-state index contributed by atoms with van der Waals surface area (Å²) < 4.78 is 0. The van der Waals surface area contributed by atoms with Gasteiger partial charge in [-0.25, -0.2) is 0 Å². The standard InChI is InChI=1S/C24H29N3O2.BrH/c1-25-15-17-26(18-16-25)13-8-14-27-22(28)19-24(23(27)29,20-9-4-2-5-10-20)21-11-6-3-7-12-21;/h2-7,9-12H,8,13-19H2,1H3;1H. The van der Waals surface area contributed by atoms with Crippen LogP contribution in [0.3, 0.4) is 0 Å². The highest BCUT2D eigenvalue weighted by atomic mass is 79.9. The zero-order chi connectivity index (χ0) is 20.3. The molecule has 2 saturated heterocycles. The van der Waals surface area contributed by atoms with Crippen LogP contribution in [0.5, 0.6) is 0 Å². The maximum absolute atomic E-state index is 13.6. The van der Waals surface area contributed by atoms with E-state index in [0.717, 1.165) is 50.3 Å². The largest absolute Gasteiger partial charge is 0.304 e. The lowest BCUT2D eigenvalue weighted by molar-refractivity contribution is -0.139. The number of hydrogen-bond acceptors (Lipinski definition) is 4. The number of piperazine rings is 1. The maximum atomic E-state index is 13.6. The van der Waals surface area contributed by atoms with E-state index in [4.69, 9.17) is 0 Å². The molecule has 2 aliphatic heterocycles. The van der Waals surface area contributed by atoms with E-state index in [-0.39, 0.29) is 35.2 Å². The van der Waals surface area contributed by atoms with Crippen molar-refractivity contribution in [3.05, 3.63) is 71.8 Å². The minimum absolute atomic E-state index is 0. The second-order valence-corrected chi connectivity index (χ2v) is 8.16. The Morgan fingerprint density at radius 3 is 1.87 bits per heavy atom. The number of benzene rings is 2. The molecule has 0 aromatic heterocycles. The number of hydrogen-bond donors (Lipinski definition) is 0. The van der Waals surface area contributed by atoms with Gasteiger partial charge in [0.05, 0.1) is 0 Å². The predicted octanol–water partition coefficient (Wildman–Crippen LogP) is 2.95. The molecule has 0 N–H and O–H groups in total. The summed E-state index contributed by atoms with van der Waals surface area (Å²) in [5.41, 5.74) is 0.880. The third kappa shape index (κ3) is 4.36. The third-order valence-electron chi connectivity index (χ3n) is 6.31. The number of nitrogens with zero attached hydrogens (tertiary/aromatic N) is 3. The highest BCUT2D eigenvalue weighted by Gasteiger charge is 2.53. The molecule has 30 heavy (non-hydrogen) atoms. The zero-order valence-corrected chi connectivity index (χ0v) is 19.2. The Balaban J connectivity index is 0.00000256. The Labute approximate surface area is 189 Å². The Morgan fingerprint density at radius 1 is 0.800 bits per heavy atom. The Kier molecular flexibility index (Phi) is 7.45. The molecule has 5 nitrogen and oxygen atoms in total. The molecule has 2 fully saturated rings. The van der Waals surface area contributed by atoms with Gasteiger partial charge in [-0.1, -0.05) is 60.7 Å². The number of carbonyl (C=O) groups is 2. The van der Waals surface area contributed by atoms with Crippen LogP contribution in [-0.4, -0.2) is 72.8 Å². The number of carbonyl (C=O) groups excluding carboxylic acids is 2. The van der Waals surface area contributed by atoms with Crippen LogP contribution < -0.4 is 0 Å². The Hall–Kier alpha value is -2.02. The molecule has 2 aliphatic rings. The van der Waals surface area contributed by atoms with Gasteiger partial charge in [-0.3, -0.25) is 14.5 Å². The van der Waals surface area contributed by atoms with Crippen LogP contribution in [0, 0.1) is 0 Å². The van der Waals surface area contributed by atoms with Gasteiger partial charge in [0.2, 0.25) is 11.8 Å². The smallest absolute Gasteiger partial charge is 0.244 e. The first kappa shape index (κ1) is 22.7. The SMILES string of the molecule is Br.CN1CCN(CCCN2C(=O)CC(c3ccccc3)(c3ccccc3)C2=O)CC1. The quantitative estimate of drug-likeness (QED) is 0.607.